The monoisotopic (exact) mass is 474 g/mol. The normalized spacial score (nSPS) is 12.9. The van der Waals surface area contributed by atoms with Crippen molar-refractivity contribution < 1.29 is 0 Å². The van der Waals surface area contributed by atoms with Crippen LogP contribution in [0.3, 0.4) is 0 Å². The Morgan fingerprint density at radius 2 is 1.62 bits per heavy atom. The lowest BCUT2D eigenvalue weighted by Crippen LogP contribution is -2.16. The lowest BCUT2D eigenvalue weighted by molar-refractivity contribution is 0.784. The minimum Gasteiger partial charge on any atom is -0.361 e. The summed E-state index contributed by atoms with van der Waals surface area (Å²) in [6.07, 6.45) is 2.89. The highest BCUT2D eigenvalue weighted by Crippen LogP contribution is 2.36. The van der Waals surface area contributed by atoms with Crippen molar-refractivity contribution in [1.29, 1.82) is 0 Å². The molecule has 4 aromatic rings. The Morgan fingerprint density at radius 3 is 2.31 bits per heavy atom. The van der Waals surface area contributed by atoms with Gasteiger partial charge in [0.15, 0.2) is 0 Å². The van der Waals surface area contributed by atoms with Crippen LogP contribution >= 0.6 is 31.9 Å². The molecule has 4 rings (SSSR count). The van der Waals surface area contributed by atoms with Crippen molar-refractivity contribution in [1.82, 2.24) is 9.97 Å². The molecule has 0 spiro atoms. The largest absolute Gasteiger partial charge is 0.361 e. The Hall–Kier alpha value is -1.60. The van der Waals surface area contributed by atoms with Crippen LogP contribution in [0.4, 0.5) is 0 Å². The van der Waals surface area contributed by atoms with Crippen molar-refractivity contribution in [3.8, 4) is 0 Å². The molecule has 4 nitrogen and oxygen atoms in total. The first-order chi connectivity index (χ1) is 12.6. The average molecular weight is 476 g/mol. The Labute approximate surface area is 168 Å². The number of aromatic amines is 2. The van der Waals surface area contributed by atoms with E-state index in [4.69, 9.17) is 11.5 Å². The number of aromatic nitrogens is 2. The fourth-order valence-corrected chi connectivity index (χ4v) is 4.49. The van der Waals surface area contributed by atoms with Gasteiger partial charge < -0.3 is 21.4 Å². The summed E-state index contributed by atoms with van der Waals surface area (Å²) >= 11 is 7.09. The molecule has 0 radical (unpaired) electrons. The van der Waals surface area contributed by atoms with E-state index in [2.05, 4.69) is 84.4 Å². The summed E-state index contributed by atoms with van der Waals surface area (Å²) in [5, 5.41) is 2.41. The second-order valence-corrected chi connectivity index (χ2v) is 8.30. The highest BCUT2D eigenvalue weighted by Gasteiger charge is 2.23. The zero-order valence-corrected chi connectivity index (χ0v) is 17.3. The molecule has 0 fully saturated rings. The Balaban J connectivity index is 1.91. The van der Waals surface area contributed by atoms with Crippen LogP contribution in [0.5, 0.6) is 0 Å². The molecule has 0 saturated carbocycles. The van der Waals surface area contributed by atoms with Crippen molar-refractivity contribution in [3.05, 3.63) is 68.4 Å². The highest BCUT2D eigenvalue weighted by atomic mass is 79.9. The molecule has 2 aromatic heterocycles. The van der Waals surface area contributed by atoms with Gasteiger partial charge in [0.2, 0.25) is 0 Å². The van der Waals surface area contributed by atoms with Crippen molar-refractivity contribution in [2.45, 2.75) is 12.3 Å². The van der Waals surface area contributed by atoms with Crippen LogP contribution in [0.2, 0.25) is 0 Å². The van der Waals surface area contributed by atoms with Gasteiger partial charge in [-0.3, -0.25) is 0 Å². The SMILES string of the molecule is NCCc1c(C(CN)c2c[nH]c3cc(Br)ccc23)[nH]c2cc(Br)ccc12. The van der Waals surface area contributed by atoms with Crippen LogP contribution in [-0.4, -0.2) is 23.1 Å². The van der Waals surface area contributed by atoms with Gasteiger partial charge >= 0.3 is 0 Å². The number of fused-ring (bicyclic) bond motifs is 2. The molecule has 0 aliphatic rings. The van der Waals surface area contributed by atoms with Crippen molar-refractivity contribution >= 4 is 53.7 Å². The highest BCUT2D eigenvalue weighted by molar-refractivity contribution is 9.10. The van der Waals surface area contributed by atoms with Gasteiger partial charge in [0, 0.05) is 55.1 Å². The third-order valence-electron chi connectivity index (χ3n) is 4.93. The fraction of sp³-hybridized carbons (Fsp3) is 0.200. The van der Waals surface area contributed by atoms with Crippen LogP contribution in [0, 0.1) is 0 Å². The molecule has 0 saturated heterocycles. The second kappa shape index (κ2) is 7.19. The summed E-state index contributed by atoms with van der Waals surface area (Å²) < 4.78 is 2.11. The topological polar surface area (TPSA) is 83.6 Å². The first-order valence-corrected chi connectivity index (χ1v) is 10.2. The maximum Gasteiger partial charge on any atom is 0.0470 e. The summed E-state index contributed by atoms with van der Waals surface area (Å²) in [5.74, 6) is 0.0812. The summed E-state index contributed by atoms with van der Waals surface area (Å²) in [7, 11) is 0. The lowest BCUT2D eigenvalue weighted by Gasteiger charge is -2.16. The third kappa shape index (κ3) is 3.01. The van der Waals surface area contributed by atoms with Crippen LogP contribution in [0.1, 0.15) is 22.7 Å². The first-order valence-electron chi connectivity index (χ1n) is 8.59. The number of nitrogens with two attached hydrogens (primary N) is 2. The number of nitrogens with one attached hydrogen (secondary N) is 2. The Kier molecular flexibility index (Phi) is 4.92. The second-order valence-electron chi connectivity index (χ2n) is 6.47. The molecule has 2 heterocycles. The van der Waals surface area contributed by atoms with E-state index in [0.29, 0.717) is 13.1 Å². The van der Waals surface area contributed by atoms with Crippen LogP contribution in [0.25, 0.3) is 21.8 Å². The zero-order valence-electron chi connectivity index (χ0n) is 14.2. The number of hydrogen-bond acceptors (Lipinski definition) is 2. The Bertz CT molecular complexity index is 1080. The van der Waals surface area contributed by atoms with Crippen molar-refractivity contribution in [3.63, 3.8) is 0 Å². The van der Waals surface area contributed by atoms with Crippen LogP contribution in [0.15, 0.2) is 51.5 Å². The van der Waals surface area contributed by atoms with E-state index in [1.165, 1.54) is 21.9 Å². The summed E-state index contributed by atoms with van der Waals surface area (Å²) in [6.45, 7) is 1.13. The van der Waals surface area contributed by atoms with E-state index in [1.807, 2.05) is 0 Å². The van der Waals surface area contributed by atoms with Crippen molar-refractivity contribution in [2.24, 2.45) is 11.5 Å². The standard InChI is InChI=1S/C20H20Br2N4/c21-11-2-4-14-17(10-25-18(14)7-11)16(9-24)20-15(5-6-23)13-3-1-12(22)8-19(13)26-20/h1-4,7-8,10,16,25-26H,5-6,9,23-24H2. The maximum atomic E-state index is 6.25. The van der Waals surface area contributed by atoms with Gasteiger partial charge in [-0.25, -0.2) is 0 Å². The summed E-state index contributed by atoms with van der Waals surface area (Å²) in [5.41, 5.74) is 18.0. The van der Waals surface area contributed by atoms with Gasteiger partial charge in [0.1, 0.15) is 0 Å². The molecule has 1 unspecified atom stereocenters. The molecule has 0 aliphatic carbocycles. The molecule has 0 amide bonds. The minimum absolute atomic E-state index is 0.0812. The van der Waals surface area contributed by atoms with E-state index in [1.54, 1.807) is 0 Å². The molecule has 2 aromatic carbocycles. The third-order valence-corrected chi connectivity index (χ3v) is 5.92. The van der Waals surface area contributed by atoms with Gasteiger partial charge in [-0.2, -0.15) is 0 Å². The smallest absolute Gasteiger partial charge is 0.0470 e. The molecule has 26 heavy (non-hydrogen) atoms. The minimum atomic E-state index is 0.0812. The van der Waals surface area contributed by atoms with Crippen LogP contribution < -0.4 is 11.5 Å². The fourth-order valence-electron chi connectivity index (χ4n) is 3.77. The van der Waals surface area contributed by atoms with E-state index in [9.17, 15) is 0 Å². The molecule has 0 aliphatic heterocycles. The molecule has 0 bridgehead atoms. The van der Waals surface area contributed by atoms with E-state index in [-0.39, 0.29) is 5.92 Å². The first kappa shape index (κ1) is 17.8. The van der Waals surface area contributed by atoms with Gasteiger partial charge in [-0.15, -0.1) is 0 Å². The lowest BCUT2D eigenvalue weighted by atomic mass is 9.91. The zero-order chi connectivity index (χ0) is 18.3. The van der Waals surface area contributed by atoms with E-state index >= 15 is 0 Å². The maximum absolute atomic E-state index is 6.25. The predicted molar refractivity (Wildman–Crippen MR) is 116 cm³/mol. The predicted octanol–water partition coefficient (Wildman–Crippen LogP) is 4.77. The van der Waals surface area contributed by atoms with Gasteiger partial charge in [-0.05, 0) is 48.4 Å². The average Bonchev–Trinajstić information content (AvgIpc) is 3.18. The molecular weight excluding hydrogens is 456 g/mol. The number of benzene rings is 2. The molecule has 1 atom stereocenters. The number of hydrogen-bond donors (Lipinski definition) is 4. The molecule has 134 valence electrons. The van der Waals surface area contributed by atoms with Crippen molar-refractivity contribution in [2.75, 3.05) is 13.1 Å². The number of rotatable bonds is 5. The number of H-pyrrole nitrogens is 2. The van der Waals surface area contributed by atoms with Crippen LogP contribution in [-0.2, 0) is 6.42 Å². The Morgan fingerprint density at radius 1 is 0.923 bits per heavy atom. The summed E-state index contributed by atoms with van der Waals surface area (Å²) in [6, 6.07) is 12.6. The van der Waals surface area contributed by atoms with E-state index < -0.39 is 0 Å². The quantitative estimate of drug-likeness (QED) is 0.335. The number of halogens is 2. The van der Waals surface area contributed by atoms with Gasteiger partial charge in [0.25, 0.3) is 0 Å². The van der Waals surface area contributed by atoms with E-state index in [0.717, 1.165) is 32.1 Å². The van der Waals surface area contributed by atoms with Gasteiger partial charge in [-0.1, -0.05) is 44.0 Å². The molecule has 6 heteroatoms. The molecule has 6 N–H and O–H groups in total. The molecular formula is C20H20Br2N4. The van der Waals surface area contributed by atoms with Gasteiger partial charge in [0.05, 0.1) is 0 Å². The summed E-state index contributed by atoms with van der Waals surface area (Å²) in [4.78, 5) is 6.99.